The van der Waals surface area contributed by atoms with Gasteiger partial charge in [0, 0.05) is 31.7 Å². The quantitative estimate of drug-likeness (QED) is 0.341. The smallest absolute Gasteiger partial charge is 0.260 e. The lowest BCUT2D eigenvalue weighted by Gasteiger charge is -2.29. The van der Waals surface area contributed by atoms with Gasteiger partial charge in [-0.3, -0.25) is 14.6 Å². The summed E-state index contributed by atoms with van der Waals surface area (Å²) in [6.07, 6.45) is 3.29. The van der Waals surface area contributed by atoms with Crippen LogP contribution in [0.15, 0.2) is 36.4 Å². The van der Waals surface area contributed by atoms with Gasteiger partial charge in [-0.15, -0.1) is 0 Å². The minimum atomic E-state index is -0.0760. The van der Waals surface area contributed by atoms with Gasteiger partial charge in [-0.05, 0) is 43.2 Å². The number of carbonyl (C=O) groups is 1. The highest BCUT2D eigenvalue weighted by Crippen LogP contribution is 2.37. The molecule has 1 aliphatic rings. The largest absolute Gasteiger partial charge is 0.494 e. The SMILES string of the molecule is CCCCCOc1cccc(C(=O)N(CCN2CCOCC2)c2nc3c(OC)ccc(C)c3s2)c1. The summed E-state index contributed by atoms with van der Waals surface area (Å²) in [7, 11) is 1.65. The van der Waals surface area contributed by atoms with E-state index in [-0.39, 0.29) is 5.91 Å². The molecule has 0 aliphatic carbocycles. The summed E-state index contributed by atoms with van der Waals surface area (Å²) in [6.45, 7) is 9.38. The molecule has 2 heterocycles. The van der Waals surface area contributed by atoms with Crippen molar-refractivity contribution in [2.45, 2.75) is 33.1 Å². The zero-order chi connectivity index (χ0) is 24.6. The Morgan fingerprint density at radius 3 is 2.80 bits per heavy atom. The molecule has 4 rings (SSSR count). The molecule has 8 heteroatoms. The van der Waals surface area contributed by atoms with Gasteiger partial charge in [-0.25, -0.2) is 4.98 Å². The van der Waals surface area contributed by atoms with Crippen LogP contribution in [0.3, 0.4) is 0 Å². The lowest BCUT2D eigenvalue weighted by molar-refractivity contribution is 0.0391. The van der Waals surface area contributed by atoms with E-state index in [1.54, 1.807) is 12.0 Å². The molecule has 0 spiro atoms. The molecule has 0 atom stereocenters. The number of aromatic nitrogens is 1. The van der Waals surface area contributed by atoms with Crippen molar-refractivity contribution in [1.29, 1.82) is 0 Å². The highest BCUT2D eigenvalue weighted by molar-refractivity contribution is 7.22. The highest BCUT2D eigenvalue weighted by atomic mass is 32.1. The Balaban J connectivity index is 1.61. The number of anilines is 1. The standard InChI is InChI=1S/C27H35N3O4S/c1-4-5-6-16-34-22-9-7-8-21(19-22)26(31)30(13-12-29-14-17-33-18-15-29)27-28-24-23(32-3)11-10-20(2)25(24)35-27/h7-11,19H,4-6,12-18H2,1-3H3. The van der Waals surface area contributed by atoms with Gasteiger partial charge in [0.2, 0.25) is 0 Å². The molecule has 1 amide bonds. The van der Waals surface area contributed by atoms with Crippen LogP contribution in [0.25, 0.3) is 10.2 Å². The number of carbonyl (C=O) groups excluding carboxylic acids is 1. The van der Waals surface area contributed by atoms with Crippen LogP contribution in [-0.4, -0.2) is 68.9 Å². The molecule has 0 bridgehead atoms. The van der Waals surface area contributed by atoms with E-state index in [4.69, 9.17) is 19.2 Å². The van der Waals surface area contributed by atoms with Crippen LogP contribution in [0, 0.1) is 6.92 Å². The van der Waals surface area contributed by atoms with E-state index in [1.165, 1.54) is 11.3 Å². The van der Waals surface area contributed by atoms with Crippen molar-refractivity contribution in [1.82, 2.24) is 9.88 Å². The van der Waals surface area contributed by atoms with E-state index in [1.807, 2.05) is 36.4 Å². The third kappa shape index (κ3) is 6.31. The van der Waals surface area contributed by atoms with Crippen LogP contribution in [0.1, 0.15) is 42.1 Å². The molecule has 35 heavy (non-hydrogen) atoms. The number of hydrogen-bond acceptors (Lipinski definition) is 7. The van der Waals surface area contributed by atoms with Crippen LogP contribution >= 0.6 is 11.3 Å². The summed E-state index contributed by atoms with van der Waals surface area (Å²) < 4.78 is 18.0. The minimum absolute atomic E-state index is 0.0760. The lowest BCUT2D eigenvalue weighted by Crippen LogP contribution is -2.43. The number of amides is 1. The lowest BCUT2D eigenvalue weighted by atomic mass is 10.2. The third-order valence-electron chi connectivity index (χ3n) is 6.23. The molecule has 0 N–H and O–H groups in total. The maximum atomic E-state index is 13.8. The van der Waals surface area contributed by atoms with Crippen molar-refractivity contribution in [3.8, 4) is 11.5 Å². The maximum absolute atomic E-state index is 13.8. The second-order valence-corrected chi connectivity index (χ2v) is 9.73. The number of benzene rings is 2. The number of aryl methyl sites for hydroxylation is 1. The fourth-order valence-corrected chi connectivity index (χ4v) is 5.22. The van der Waals surface area contributed by atoms with Gasteiger partial charge in [0.05, 0.1) is 31.6 Å². The predicted molar refractivity (Wildman–Crippen MR) is 141 cm³/mol. The van der Waals surface area contributed by atoms with E-state index in [9.17, 15) is 4.79 Å². The first-order valence-corrected chi connectivity index (χ1v) is 13.2. The zero-order valence-electron chi connectivity index (χ0n) is 20.9. The second kappa shape index (κ2) is 12.3. The Labute approximate surface area is 211 Å². The number of morpholine rings is 1. The molecule has 2 aromatic carbocycles. The monoisotopic (exact) mass is 497 g/mol. The number of unbranched alkanes of at least 4 members (excludes halogenated alkanes) is 2. The molecular formula is C27H35N3O4S. The van der Waals surface area contributed by atoms with Crippen LogP contribution in [0.4, 0.5) is 5.13 Å². The highest BCUT2D eigenvalue weighted by Gasteiger charge is 2.24. The number of methoxy groups -OCH3 is 1. The van der Waals surface area contributed by atoms with Crippen molar-refractivity contribution in [3.63, 3.8) is 0 Å². The fourth-order valence-electron chi connectivity index (χ4n) is 4.15. The number of hydrogen-bond donors (Lipinski definition) is 0. The minimum Gasteiger partial charge on any atom is -0.494 e. The van der Waals surface area contributed by atoms with Crippen LogP contribution in [0.5, 0.6) is 11.5 Å². The topological polar surface area (TPSA) is 64.1 Å². The Morgan fingerprint density at radius 1 is 1.20 bits per heavy atom. The van der Waals surface area contributed by atoms with Crippen LogP contribution in [-0.2, 0) is 4.74 Å². The number of fused-ring (bicyclic) bond motifs is 1. The summed E-state index contributed by atoms with van der Waals surface area (Å²) >= 11 is 1.53. The molecular weight excluding hydrogens is 462 g/mol. The van der Waals surface area contributed by atoms with Crippen LogP contribution < -0.4 is 14.4 Å². The van der Waals surface area contributed by atoms with E-state index < -0.39 is 0 Å². The number of ether oxygens (including phenoxy) is 3. The number of nitrogens with zero attached hydrogens (tertiary/aromatic N) is 3. The second-order valence-electron chi connectivity index (χ2n) is 8.75. The maximum Gasteiger partial charge on any atom is 0.260 e. The average molecular weight is 498 g/mol. The molecule has 3 aromatic rings. The predicted octanol–water partition coefficient (Wildman–Crippen LogP) is 5.16. The van der Waals surface area contributed by atoms with E-state index >= 15 is 0 Å². The number of rotatable bonds is 11. The molecule has 1 aliphatic heterocycles. The summed E-state index contributed by atoms with van der Waals surface area (Å²) in [5.74, 6) is 1.37. The Hall–Kier alpha value is -2.68. The van der Waals surface area contributed by atoms with Crippen molar-refractivity contribution in [3.05, 3.63) is 47.5 Å². The van der Waals surface area contributed by atoms with Gasteiger partial charge in [-0.2, -0.15) is 0 Å². The van der Waals surface area contributed by atoms with Crippen molar-refractivity contribution >= 4 is 32.6 Å². The fraction of sp³-hybridized carbons (Fsp3) is 0.481. The summed E-state index contributed by atoms with van der Waals surface area (Å²) in [5.41, 5.74) is 2.51. The van der Waals surface area contributed by atoms with Gasteiger partial charge in [0.25, 0.3) is 5.91 Å². The van der Waals surface area contributed by atoms with Gasteiger partial charge < -0.3 is 14.2 Å². The number of thiazole rings is 1. The Morgan fingerprint density at radius 2 is 2.03 bits per heavy atom. The molecule has 1 fully saturated rings. The normalized spacial score (nSPS) is 14.3. The first-order valence-electron chi connectivity index (χ1n) is 12.4. The molecule has 188 valence electrons. The third-order valence-corrected chi connectivity index (χ3v) is 7.44. The first-order chi connectivity index (χ1) is 17.1. The Bertz CT molecular complexity index is 1130. The zero-order valence-corrected chi connectivity index (χ0v) is 21.7. The molecule has 1 aromatic heterocycles. The average Bonchev–Trinajstić information content (AvgIpc) is 3.34. The van der Waals surface area contributed by atoms with Crippen molar-refractivity contribution in [2.24, 2.45) is 0 Å². The van der Waals surface area contributed by atoms with Crippen molar-refractivity contribution < 1.29 is 19.0 Å². The van der Waals surface area contributed by atoms with E-state index in [0.717, 1.165) is 79.4 Å². The molecule has 0 radical (unpaired) electrons. The Kier molecular flexibility index (Phi) is 8.95. The molecule has 0 saturated carbocycles. The molecule has 0 unspecified atom stereocenters. The van der Waals surface area contributed by atoms with Gasteiger partial charge >= 0.3 is 0 Å². The molecule has 7 nitrogen and oxygen atoms in total. The van der Waals surface area contributed by atoms with Crippen molar-refractivity contribution in [2.75, 3.05) is 58.0 Å². The summed E-state index contributed by atoms with van der Waals surface area (Å²) in [6, 6.07) is 11.4. The summed E-state index contributed by atoms with van der Waals surface area (Å²) in [4.78, 5) is 22.8. The van der Waals surface area contributed by atoms with Gasteiger partial charge in [0.15, 0.2) is 5.13 Å². The van der Waals surface area contributed by atoms with E-state index in [0.29, 0.717) is 23.8 Å². The molecule has 1 saturated heterocycles. The summed E-state index contributed by atoms with van der Waals surface area (Å²) in [5, 5.41) is 0.681. The first kappa shape index (κ1) is 25.4. The van der Waals surface area contributed by atoms with Gasteiger partial charge in [-0.1, -0.05) is 43.2 Å². The van der Waals surface area contributed by atoms with Gasteiger partial charge in [0.1, 0.15) is 17.0 Å². The van der Waals surface area contributed by atoms with E-state index in [2.05, 4.69) is 18.7 Å². The van der Waals surface area contributed by atoms with Crippen LogP contribution in [0.2, 0.25) is 0 Å².